The number of aromatic nitrogens is 2. The highest BCUT2D eigenvalue weighted by Gasteiger charge is 2.15. The van der Waals surface area contributed by atoms with Crippen molar-refractivity contribution in [1.29, 1.82) is 0 Å². The van der Waals surface area contributed by atoms with Gasteiger partial charge in [-0.25, -0.2) is 0 Å². The van der Waals surface area contributed by atoms with E-state index in [1.165, 1.54) is 0 Å². The minimum absolute atomic E-state index is 0.169. The van der Waals surface area contributed by atoms with E-state index in [0.717, 1.165) is 11.1 Å². The van der Waals surface area contributed by atoms with E-state index < -0.39 is 0 Å². The molecule has 0 saturated carbocycles. The third-order valence-electron chi connectivity index (χ3n) is 3.99. The Morgan fingerprint density at radius 1 is 0.857 bits per heavy atom. The number of carbonyl (C=O) groups is 1. The van der Waals surface area contributed by atoms with Crippen LogP contribution in [0.25, 0.3) is 22.6 Å². The van der Waals surface area contributed by atoms with Crippen molar-refractivity contribution >= 4 is 29.1 Å². The van der Waals surface area contributed by atoms with Crippen LogP contribution in [0.5, 0.6) is 0 Å². The molecule has 2 aromatic heterocycles. The molecule has 8 heteroatoms. The van der Waals surface area contributed by atoms with Gasteiger partial charge in [0.25, 0.3) is 5.91 Å². The molecule has 0 saturated heterocycles. The molecular formula is C20H13Cl2N3O3. The van der Waals surface area contributed by atoms with Crippen molar-refractivity contribution in [3.8, 4) is 22.6 Å². The minimum Gasteiger partial charge on any atom is -0.359 e. The van der Waals surface area contributed by atoms with E-state index in [0.29, 0.717) is 27.3 Å². The summed E-state index contributed by atoms with van der Waals surface area (Å²) in [5.74, 6) is 0.611. The SMILES string of the molecule is O=C(NCc1cc(-c2ccc(Cl)cc2)no1)c1cc(-c2ccc(Cl)cc2)on1. The van der Waals surface area contributed by atoms with E-state index in [9.17, 15) is 4.79 Å². The highest BCUT2D eigenvalue weighted by atomic mass is 35.5. The largest absolute Gasteiger partial charge is 0.359 e. The predicted octanol–water partition coefficient (Wildman–Crippen LogP) is 5.23. The van der Waals surface area contributed by atoms with Crippen LogP contribution in [-0.2, 0) is 6.54 Å². The summed E-state index contributed by atoms with van der Waals surface area (Å²) in [5.41, 5.74) is 2.48. The second-order valence-corrected chi connectivity index (χ2v) is 6.82. The minimum atomic E-state index is -0.381. The third-order valence-corrected chi connectivity index (χ3v) is 4.50. The van der Waals surface area contributed by atoms with Crippen LogP contribution in [0.3, 0.4) is 0 Å². The molecule has 1 N–H and O–H groups in total. The number of rotatable bonds is 5. The molecule has 4 rings (SSSR count). The van der Waals surface area contributed by atoms with Crippen molar-refractivity contribution < 1.29 is 13.8 Å². The lowest BCUT2D eigenvalue weighted by molar-refractivity contribution is 0.0938. The van der Waals surface area contributed by atoms with Crippen molar-refractivity contribution in [3.63, 3.8) is 0 Å². The first-order valence-electron chi connectivity index (χ1n) is 8.31. The molecule has 4 aromatic rings. The van der Waals surface area contributed by atoms with Crippen LogP contribution in [0, 0.1) is 0 Å². The fourth-order valence-electron chi connectivity index (χ4n) is 2.54. The lowest BCUT2D eigenvalue weighted by Crippen LogP contribution is -2.22. The Kier molecular flexibility index (Phi) is 5.14. The Hall–Kier alpha value is -3.09. The highest BCUT2D eigenvalue weighted by molar-refractivity contribution is 6.30. The number of benzene rings is 2. The van der Waals surface area contributed by atoms with Gasteiger partial charge in [-0.1, -0.05) is 45.6 Å². The Morgan fingerprint density at radius 2 is 1.50 bits per heavy atom. The summed E-state index contributed by atoms with van der Waals surface area (Å²) in [6.45, 7) is 0.169. The summed E-state index contributed by atoms with van der Waals surface area (Å²) in [4.78, 5) is 12.3. The summed E-state index contributed by atoms with van der Waals surface area (Å²) in [5, 5.41) is 11.8. The van der Waals surface area contributed by atoms with Crippen LogP contribution in [0.1, 0.15) is 16.2 Å². The number of hydrogen-bond donors (Lipinski definition) is 1. The molecule has 0 aliphatic heterocycles. The van der Waals surface area contributed by atoms with E-state index >= 15 is 0 Å². The maximum Gasteiger partial charge on any atom is 0.273 e. The zero-order chi connectivity index (χ0) is 19.5. The number of nitrogens with zero attached hydrogens (tertiary/aromatic N) is 2. The molecule has 0 atom stereocenters. The monoisotopic (exact) mass is 413 g/mol. The van der Waals surface area contributed by atoms with E-state index in [2.05, 4.69) is 15.6 Å². The van der Waals surface area contributed by atoms with Gasteiger partial charge in [0.05, 0.1) is 6.54 Å². The third kappa shape index (κ3) is 4.08. The molecule has 1 amide bonds. The van der Waals surface area contributed by atoms with Gasteiger partial charge in [-0.2, -0.15) is 0 Å². The molecule has 0 aliphatic rings. The van der Waals surface area contributed by atoms with E-state index in [4.69, 9.17) is 32.2 Å². The quantitative estimate of drug-likeness (QED) is 0.484. The maximum atomic E-state index is 12.3. The molecule has 0 fully saturated rings. The number of carbonyl (C=O) groups excluding carboxylic acids is 1. The summed E-state index contributed by atoms with van der Waals surface area (Å²) < 4.78 is 10.5. The number of nitrogens with one attached hydrogen (secondary N) is 1. The fourth-order valence-corrected chi connectivity index (χ4v) is 2.80. The van der Waals surface area contributed by atoms with Crippen LogP contribution in [0.2, 0.25) is 10.0 Å². The van der Waals surface area contributed by atoms with Gasteiger partial charge in [0.2, 0.25) is 0 Å². The molecule has 0 bridgehead atoms. The predicted molar refractivity (Wildman–Crippen MR) is 105 cm³/mol. The second kappa shape index (κ2) is 7.88. The van der Waals surface area contributed by atoms with Gasteiger partial charge in [-0.3, -0.25) is 4.79 Å². The smallest absolute Gasteiger partial charge is 0.273 e. The molecule has 2 heterocycles. The molecule has 140 valence electrons. The summed E-state index contributed by atoms with van der Waals surface area (Å²) >= 11 is 11.8. The van der Waals surface area contributed by atoms with Gasteiger partial charge >= 0.3 is 0 Å². The molecule has 0 aliphatic carbocycles. The van der Waals surface area contributed by atoms with E-state index in [-0.39, 0.29) is 18.1 Å². The van der Waals surface area contributed by atoms with Crippen LogP contribution in [-0.4, -0.2) is 16.2 Å². The molecule has 0 spiro atoms. The standard InChI is InChI=1S/C20H13Cl2N3O3/c21-14-5-1-12(2-6-14)17-9-16(27-24-17)11-23-20(26)18-10-19(28-25-18)13-3-7-15(22)8-4-13/h1-10H,11H2,(H,23,26). The zero-order valence-electron chi connectivity index (χ0n) is 14.4. The van der Waals surface area contributed by atoms with Gasteiger partial charge in [-0.15, -0.1) is 0 Å². The highest BCUT2D eigenvalue weighted by Crippen LogP contribution is 2.23. The van der Waals surface area contributed by atoms with Crippen molar-refractivity contribution in [2.75, 3.05) is 0 Å². The van der Waals surface area contributed by atoms with Crippen molar-refractivity contribution in [3.05, 3.63) is 82.2 Å². The molecule has 0 radical (unpaired) electrons. The Bertz CT molecular complexity index is 1100. The van der Waals surface area contributed by atoms with Crippen LogP contribution in [0.15, 0.2) is 69.7 Å². The van der Waals surface area contributed by atoms with Crippen LogP contribution < -0.4 is 5.32 Å². The Morgan fingerprint density at radius 3 is 2.18 bits per heavy atom. The van der Waals surface area contributed by atoms with Crippen LogP contribution in [0.4, 0.5) is 0 Å². The lowest BCUT2D eigenvalue weighted by atomic mass is 10.1. The first-order valence-corrected chi connectivity index (χ1v) is 9.06. The van der Waals surface area contributed by atoms with Gasteiger partial charge in [-0.05, 0) is 36.4 Å². The Balaban J connectivity index is 1.40. The summed E-state index contributed by atoms with van der Waals surface area (Å²) in [6, 6.07) is 17.6. The molecule has 6 nitrogen and oxygen atoms in total. The number of halogens is 2. The van der Waals surface area contributed by atoms with Crippen molar-refractivity contribution in [2.24, 2.45) is 0 Å². The summed E-state index contributed by atoms with van der Waals surface area (Å²) in [7, 11) is 0. The van der Waals surface area contributed by atoms with E-state index in [1.54, 1.807) is 48.5 Å². The molecular weight excluding hydrogens is 401 g/mol. The molecule has 28 heavy (non-hydrogen) atoms. The first kappa shape index (κ1) is 18.3. The topological polar surface area (TPSA) is 81.2 Å². The van der Waals surface area contributed by atoms with Gasteiger partial charge in [0, 0.05) is 33.3 Å². The van der Waals surface area contributed by atoms with E-state index in [1.807, 2.05) is 12.1 Å². The van der Waals surface area contributed by atoms with Crippen LogP contribution >= 0.6 is 23.2 Å². The fraction of sp³-hybridized carbons (Fsp3) is 0.0500. The average molecular weight is 414 g/mol. The zero-order valence-corrected chi connectivity index (χ0v) is 15.9. The number of hydrogen-bond acceptors (Lipinski definition) is 5. The van der Waals surface area contributed by atoms with Crippen molar-refractivity contribution in [1.82, 2.24) is 15.6 Å². The molecule has 2 aromatic carbocycles. The Labute approximate surface area is 170 Å². The number of amides is 1. The molecule has 0 unspecified atom stereocenters. The normalized spacial score (nSPS) is 10.8. The second-order valence-electron chi connectivity index (χ2n) is 5.95. The summed E-state index contributed by atoms with van der Waals surface area (Å²) in [6.07, 6.45) is 0. The first-order chi connectivity index (χ1) is 13.6. The lowest BCUT2D eigenvalue weighted by Gasteiger charge is -1.98. The maximum absolute atomic E-state index is 12.3. The van der Waals surface area contributed by atoms with Crippen molar-refractivity contribution in [2.45, 2.75) is 6.54 Å². The van der Waals surface area contributed by atoms with Gasteiger partial charge in [0.15, 0.2) is 17.2 Å². The van der Waals surface area contributed by atoms with Gasteiger partial charge in [0.1, 0.15) is 5.69 Å². The average Bonchev–Trinajstić information content (AvgIpc) is 3.37. The van der Waals surface area contributed by atoms with Gasteiger partial charge < -0.3 is 14.4 Å².